The Balaban J connectivity index is 1.90. The van der Waals surface area contributed by atoms with Crippen LogP contribution in [0.1, 0.15) is 24.0 Å². The molecule has 15 heavy (non-hydrogen) atoms. The van der Waals surface area contributed by atoms with Crippen molar-refractivity contribution in [3.8, 4) is 0 Å². The molecule has 0 saturated carbocycles. The molecule has 1 unspecified atom stereocenters. The predicted octanol–water partition coefficient (Wildman–Crippen LogP) is 2.89. The zero-order valence-corrected chi connectivity index (χ0v) is 9.55. The highest BCUT2D eigenvalue weighted by atomic mass is 16.5. The molecule has 1 aliphatic rings. The zero-order chi connectivity index (χ0) is 10.7. The summed E-state index contributed by atoms with van der Waals surface area (Å²) in [5.41, 5.74) is 3.89. The van der Waals surface area contributed by atoms with Crippen molar-refractivity contribution < 1.29 is 4.74 Å². The van der Waals surface area contributed by atoms with E-state index < -0.39 is 0 Å². The van der Waals surface area contributed by atoms with Crippen LogP contribution in [-0.2, 0) is 4.74 Å². The molecule has 0 bridgehead atoms. The molecular weight excluding hydrogens is 186 g/mol. The Hall–Kier alpha value is -1.02. The average molecular weight is 205 g/mol. The molecule has 2 heteroatoms. The van der Waals surface area contributed by atoms with Crippen LogP contribution in [0.2, 0.25) is 0 Å². The molecule has 0 aliphatic carbocycles. The van der Waals surface area contributed by atoms with E-state index in [2.05, 4.69) is 37.4 Å². The minimum Gasteiger partial charge on any atom is -0.382 e. The van der Waals surface area contributed by atoms with Crippen LogP contribution in [0.15, 0.2) is 18.2 Å². The van der Waals surface area contributed by atoms with E-state index in [0.717, 1.165) is 13.2 Å². The first-order chi connectivity index (χ1) is 7.25. The Bertz CT molecular complexity index is 329. The van der Waals surface area contributed by atoms with Crippen LogP contribution >= 0.6 is 0 Å². The molecular formula is C13H19NO. The van der Waals surface area contributed by atoms with Crippen molar-refractivity contribution in [1.82, 2.24) is 0 Å². The van der Waals surface area contributed by atoms with Gasteiger partial charge >= 0.3 is 0 Å². The third-order valence-corrected chi connectivity index (χ3v) is 3.06. The Labute approximate surface area is 91.6 Å². The van der Waals surface area contributed by atoms with Crippen molar-refractivity contribution in [3.05, 3.63) is 29.3 Å². The van der Waals surface area contributed by atoms with Crippen molar-refractivity contribution in [2.75, 3.05) is 18.5 Å². The minimum atomic E-state index is 0.409. The quantitative estimate of drug-likeness (QED) is 0.819. The molecule has 2 rings (SSSR count). The van der Waals surface area contributed by atoms with Crippen LogP contribution in [0, 0.1) is 13.8 Å². The second-order valence-electron chi connectivity index (χ2n) is 4.31. The van der Waals surface area contributed by atoms with Gasteiger partial charge < -0.3 is 10.1 Å². The van der Waals surface area contributed by atoms with Crippen LogP contribution in [0.5, 0.6) is 0 Å². The van der Waals surface area contributed by atoms with E-state index in [-0.39, 0.29) is 0 Å². The van der Waals surface area contributed by atoms with Crippen molar-refractivity contribution >= 4 is 5.69 Å². The number of nitrogens with one attached hydrogen (secondary N) is 1. The number of aryl methyl sites for hydroxylation is 2. The molecule has 1 heterocycles. The second-order valence-corrected chi connectivity index (χ2v) is 4.31. The highest BCUT2D eigenvalue weighted by Gasteiger charge is 2.14. The van der Waals surface area contributed by atoms with Crippen molar-refractivity contribution in [3.63, 3.8) is 0 Å². The summed E-state index contributed by atoms with van der Waals surface area (Å²) in [5.74, 6) is 0. The first-order valence-corrected chi connectivity index (χ1v) is 5.68. The number of benzene rings is 1. The van der Waals surface area contributed by atoms with Gasteiger partial charge in [0.1, 0.15) is 0 Å². The summed E-state index contributed by atoms with van der Waals surface area (Å²) in [6.45, 7) is 6.15. The topological polar surface area (TPSA) is 21.3 Å². The maximum absolute atomic E-state index is 5.57. The van der Waals surface area contributed by atoms with Crippen LogP contribution in [0.4, 0.5) is 5.69 Å². The maximum atomic E-state index is 5.57. The summed E-state index contributed by atoms with van der Waals surface area (Å²) >= 11 is 0. The number of anilines is 1. The summed E-state index contributed by atoms with van der Waals surface area (Å²) in [6, 6.07) is 6.49. The molecule has 2 nitrogen and oxygen atoms in total. The maximum Gasteiger partial charge on any atom is 0.0748 e. The molecule has 0 amide bonds. The van der Waals surface area contributed by atoms with Gasteiger partial charge in [-0.2, -0.15) is 0 Å². The summed E-state index contributed by atoms with van der Waals surface area (Å²) in [5, 5.41) is 3.43. The van der Waals surface area contributed by atoms with Gasteiger partial charge in [-0.15, -0.1) is 0 Å². The molecule has 1 atom stereocenters. The average Bonchev–Trinajstić information content (AvgIpc) is 2.73. The van der Waals surface area contributed by atoms with Crippen LogP contribution in [0.3, 0.4) is 0 Å². The fourth-order valence-corrected chi connectivity index (χ4v) is 1.89. The molecule has 82 valence electrons. The lowest BCUT2D eigenvalue weighted by Crippen LogP contribution is -2.18. The summed E-state index contributed by atoms with van der Waals surface area (Å²) in [4.78, 5) is 0. The minimum absolute atomic E-state index is 0.409. The predicted molar refractivity (Wildman–Crippen MR) is 63.4 cm³/mol. The van der Waals surface area contributed by atoms with Gasteiger partial charge in [-0.3, -0.25) is 0 Å². The normalized spacial score (nSPS) is 20.5. The molecule has 1 aromatic carbocycles. The molecule has 1 N–H and O–H groups in total. The number of hydrogen-bond donors (Lipinski definition) is 1. The van der Waals surface area contributed by atoms with E-state index in [0.29, 0.717) is 6.10 Å². The lowest BCUT2D eigenvalue weighted by atomic mass is 10.1. The highest BCUT2D eigenvalue weighted by Crippen LogP contribution is 2.16. The summed E-state index contributed by atoms with van der Waals surface area (Å²) < 4.78 is 5.57. The van der Waals surface area contributed by atoms with Crippen molar-refractivity contribution in [2.24, 2.45) is 0 Å². The molecule has 0 spiro atoms. The van der Waals surface area contributed by atoms with Gasteiger partial charge in [0, 0.05) is 18.8 Å². The van der Waals surface area contributed by atoms with Gasteiger partial charge in [0.2, 0.25) is 0 Å². The monoisotopic (exact) mass is 205 g/mol. The lowest BCUT2D eigenvalue weighted by Gasteiger charge is -2.12. The standard InChI is InChI=1S/C13H19NO/c1-10-5-6-12(8-11(10)2)14-9-13-4-3-7-15-13/h5-6,8,13-14H,3-4,7,9H2,1-2H3. The smallest absolute Gasteiger partial charge is 0.0748 e. The van der Waals surface area contributed by atoms with Gasteiger partial charge in [-0.1, -0.05) is 6.07 Å². The van der Waals surface area contributed by atoms with Crippen LogP contribution < -0.4 is 5.32 Å². The number of hydrogen-bond acceptors (Lipinski definition) is 2. The van der Waals surface area contributed by atoms with E-state index in [9.17, 15) is 0 Å². The molecule has 1 fully saturated rings. The summed E-state index contributed by atoms with van der Waals surface area (Å²) in [6.07, 6.45) is 2.81. The Morgan fingerprint density at radius 1 is 1.33 bits per heavy atom. The van der Waals surface area contributed by atoms with Gasteiger partial charge in [-0.25, -0.2) is 0 Å². The second kappa shape index (κ2) is 4.67. The van der Waals surface area contributed by atoms with E-state index in [1.54, 1.807) is 0 Å². The molecule has 1 saturated heterocycles. The van der Waals surface area contributed by atoms with Gasteiger partial charge in [0.15, 0.2) is 0 Å². The Morgan fingerprint density at radius 2 is 2.20 bits per heavy atom. The fourth-order valence-electron chi connectivity index (χ4n) is 1.89. The largest absolute Gasteiger partial charge is 0.382 e. The van der Waals surface area contributed by atoms with E-state index in [4.69, 9.17) is 4.74 Å². The third kappa shape index (κ3) is 2.72. The summed E-state index contributed by atoms with van der Waals surface area (Å²) in [7, 11) is 0. The van der Waals surface area contributed by atoms with E-state index in [1.807, 2.05) is 0 Å². The first kappa shape index (κ1) is 10.5. The van der Waals surface area contributed by atoms with Gasteiger partial charge in [-0.05, 0) is 49.9 Å². The van der Waals surface area contributed by atoms with Crippen molar-refractivity contribution in [1.29, 1.82) is 0 Å². The Kier molecular flexibility index (Phi) is 3.27. The van der Waals surface area contributed by atoms with Crippen LogP contribution in [-0.4, -0.2) is 19.3 Å². The molecule has 1 aliphatic heterocycles. The molecule has 0 radical (unpaired) electrons. The first-order valence-electron chi connectivity index (χ1n) is 5.68. The number of ether oxygens (including phenoxy) is 1. The Morgan fingerprint density at radius 3 is 2.87 bits per heavy atom. The van der Waals surface area contributed by atoms with Gasteiger partial charge in [0.25, 0.3) is 0 Å². The number of rotatable bonds is 3. The SMILES string of the molecule is Cc1ccc(NCC2CCCO2)cc1C. The van der Waals surface area contributed by atoms with Crippen LogP contribution in [0.25, 0.3) is 0 Å². The van der Waals surface area contributed by atoms with E-state index >= 15 is 0 Å². The molecule has 0 aromatic heterocycles. The van der Waals surface area contributed by atoms with Crippen molar-refractivity contribution in [2.45, 2.75) is 32.8 Å². The lowest BCUT2D eigenvalue weighted by molar-refractivity contribution is 0.120. The zero-order valence-electron chi connectivity index (χ0n) is 9.55. The third-order valence-electron chi connectivity index (χ3n) is 3.06. The molecule has 1 aromatic rings. The highest BCUT2D eigenvalue weighted by molar-refractivity contribution is 5.48. The fraction of sp³-hybridized carbons (Fsp3) is 0.538. The van der Waals surface area contributed by atoms with Gasteiger partial charge in [0.05, 0.1) is 6.10 Å². The van der Waals surface area contributed by atoms with E-state index in [1.165, 1.54) is 29.7 Å².